The van der Waals surface area contributed by atoms with Gasteiger partial charge in [0.05, 0.1) is 19.3 Å². The summed E-state index contributed by atoms with van der Waals surface area (Å²) in [5.74, 6) is 1.05. The summed E-state index contributed by atoms with van der Waals surface area (Å²) in [7, 11) is 4.14. The molecule has 0 spiro atoms. The van der Waals surface area contributed by atoms with E-state index in [-0.39, 0.29) is 18.6 Å². The number of hydroxylamine groups is 2. The molecule has 8 heteroatoms. The van der Waals surface area contributed by atoms with Crippen molar-refractivity contribution in [2.45, 2.75) is 77.8 Å². The molecular formula is C29H48N4O4. The molecule has 2 bridgehead atoms. The van der Waals surface area contributed by atoms with Crippen LogP contribution in [0, 0.1) is 29.1 Å². The Kier molecular flexibility index (Phi) is 8.86. The van der Waals surface area contributed by atoms with Gasteiger partial charge in [-0.05, 0) is 87.7 Å². The minimum Gasteiger partial charge on any atom is -0.394 e. The van der Waals surface area contributed by atoms with E-state index in [4.69, 9.17) is 4.84 Å². The largest absolute Gasteiger partial charge is 0.394 e. The van der Waals surface area contributed by atoms with Gasteiger partial charge in [-0.3, -0.25) is 9.63 Å². The Morgan fingerprint density at radius 3 is 2.68 bits per heavy atom. The van der Waals surface area contributed by atoms with E-state index in [2.05, 4.69) is 56.5 Å². The first-order valence-electron chi connectivity index (χ1n) is 14.0. The Morgan fingerprint density at radius 2 is 2.05 bits per heavy atom. The van der Waals surface area contributed by atoms with Crippen molar-refractivity contribution >= 4 is 11.6 Å². The average Bonchev–Trinajstić information content (AvgIpc) is 3.21. The van der Waals surface area contributed by atoms with Gasteiger partial charge in [-0.25, -0.2) is 0 Å². The van der Waals surface area contributed by atoms with Gasteiger partial charge in [0.25, 0.3) is 0 Å². The molecular weight excluding hydrogens is 468 g/mol. The first-order chi connectivity index (χ1) is 17.5. The SMILES string of the molecule is C[C@@H]1[C@@H](NC(=O)[C@@H]2[C@H]([C@H](C)O)[C@H](CO)ON2Cc2cccc(NCCCN(C)C)c2)C[C@@H]2C[C@H]1C2(C)C. The van der Waals surface area contributed by atoms with Gasteiger partial charge >= 0.3 is 0 Å². The predicted octanol–water partition coefficient (Wildman–Crippen LogP) is 2.71. The summed E-state index contributed by atoms with van der Waals surface area (Å²) in [6.45, 7) is 10.7. The maximum absolute atomic E-state index is 13.8. The molecule has 8 nitrogen and oxygen atoms in total. The Bertz CT molecular complexity index is 923. The highest BCUT2D eigenvalue weighted by Crippen LogP contribution is 2.61. The summed E-state index contributed by atoms with van der Waals surface area (Å²) in [6, 6.07) is 7.60. The number of hydrogen-bond acceptors (Lipinski definition) is 7. The molecule has 1 aromatic rings. The molecule has 4 fully saturated rings. The normalized spacial score (nSPS) is 33.7. The standard InChI is InChI=1S/C29H48N4O4/c1-18-23-14-21(29(23,3)4)15-24(18)31-28(36)27-26(19(2)35)25(17-34)37-33(27)16-20-9-7-10-22(13-20)30-11-8-12-32(5)6/h7,9-10,13,18-19,21,23-27,30,34-35H,8,11-12,14-17H2,1-6H3,(H,31,36)/t18-,19-,21-,23+,24-,25-,26+,27-/m0/s1. The molecule has 0 aromatic heterocycles. The zero-order chi connectivity index (χ0) is 26.9. The van der Waals surface area contributed by atoms with Gasteiger partial charge in [-0.15, -0.1) is 0 Å². The fraction of sp³-hybridized carbons (Fsp3) is 0.759. The molecule has 1 aliphatic heterocycles. The number of nitrogens with one attached hydrogen (secondary N) is 2. The summed E-state index contributed by atoms with van der Waals surface area (Å²) in [5.41, 5.74) is 2.38. The van der Waals surface area contributed by atoms with Crippen molar-refractivity contribution in [3.05, 3.63) is 29.8 Å². The number of fused-ring (bicyclic) bond motifs is 2. The molecule has 0 unspecified atom stereocenters. The second-order valence-corrected chi connectivity index (χ2v) is 12.5. The number of benzene rings is 1. The van der Waals surface area contributed by atoms with E-state index in [1.807, 2.05) is 18.2 Å². The molecule has 0 radical (unpaired) electrons. The lowest BCUT2D eigenvalue weighted by atomic mass is 9.45. The zero-order valence-corrected chi connectivity index (χ0v) is 23.5. The fourth-order valence-electron chi connectivity index (χ4n) is 7.07. The summed E-state index contributed by atoms with van der Waals surface area (Å²) < 4.78 is 0. The van der Waals surface area contributed by atoms with Crippen molar-refractivity contribution in [2.75, 3.05) is 39.1 Å². The quantitative estimate of drug-likeness (QED) is 0.336. The smallest absolute Gasteiger partial charge is 0.240 e. The van der Waals surface area contributed by atoms with Crippen LogP contribution in [0.4, 0.5) is 5.69 Å². The third kappa shape index (κ3) is 5.98. The van der Waals surface area contributed by atoms with E-state index in [0.29, 0.717) is 29.7 Å². The molecule has 1 saturated heterocycles. The number of rotatable bonds is 11. The molecule has 4 N–H and O–H groups in total. The summed E-state index contributed by atoms with van der Waals surface area (Å²) >= 11 is 0. The van der Waals surface area contributed by atoms with Gasteiger partial charge in [0, 0.05) is 24.2 Å². The molecule has 5 rings (SSSR count). The van der Waals surface area contributed by atoms with Crippen molar-refractivity contribution in [3.63, 3.8) is 0 Å². The van der Waals surface area contributed by atoms with Crippen LogP contribution in [0.2, 0.25) is 0 Å². The zero-order valence-electron chi connectivity index (χ0n) is 23.5. The number of aliphatic hydroxyl groups is 2. The minimum atomic E-state index is -0.793. The van der Waals surface area contributed by atoms with Crippen LogP contribution in [0.15, 0.2) is 24.3 Å². The molecule has 3 saturated carbocycles. The second-order valence-electron chi connectivity index (χ2n) is 12.5. The van der Waals surface area contributed by atoms with E-state index in [0.717, 1.165) is 37.2 Å². The first-order valence-corrected chi connectivity index (χ1v) is 14.0. The first kappa shape index (κ1) is 28.3. The third-order valence-corrected chi connectivity index (χ3v) is 9.44. The highest BCUT2D eigenvalue weighted by atomic mass is 16.7. The number of aliphatic hydroxyl groups excluding tert-OH is 2. The Morgan fingerprint density at radius 1 is 1.30 bits per heavy atom. The molecule has 1 heterocycles. The monoisotopic (exact) mass is 516 g/mol. The van der Waals surface area contributed by atoms with E-state index in [1.165, 1.54) is 6.42 Å². The van der Waals surface area contributed by atoms with Crippen LogP contribution in [-0.2, 0) is 16.2 Å². The number of hydrogen-bond donors (Lipinski definition) is 4. The fourth-order valence-corrected chi connectivity index (χ4v) is 7.07. The lowest BCUT2D eigenvalue weighted by molar-refractivity contribution is -0.183. The molecule has 8 atom stereocenters. The molecule has 3 aliphatic carbocycles. The molecule has 4 aliphatic rings. The van der Waals surface area contributed by atoms with Gasteiger partial charge in [0.15, 0.2) is 0 Å². The van der Waals surface area contributed by atoms with Crippen LogP contribution >= 0.6 is 0 Å². The number of amides is 1. The Balaban J connectivity index is 1.46. The highest BCUT2D eigenvalue weighted by Gasteiger charge is 2.57. The lowest BCUT2D eigenvalue weighted by Crippen LogP contribution is -2.62. The molecule has 37 heavy (non-hydrogen) atoms. The van der Waals surface area contributed by atoms with Gasteiger partial charge in [-0.1, -0.05) is 32.9 Å². The maximum atomic E-state index is 13.8. The number of anilines is 1. The van der Waals surface area contributed by atoms with E-state index in [1.54, 1.807) is 12.0 Å². The van der Waals surface area contributed by atoms with Crippen LogP contribution in [-0.4, -0.2) is 84.2 Å². The van der Waals surface area contributed by atoms with Gasteiger partial charge in [-0.2, -0.15) is 5.06 Å². The van der Waals surface area contributed by atoms with Crippen molar-refractivity contribution in [2.24, 2.45) is 29.1 Å². The topological polar surface area (TPSA) is 97.3 Å². The summed E-state index contributed by atoms with van der Waals surface area (Å²) in [5, 5.41) is 29.1. The minimum absolute atomic E-state index is 0.115. The van der Waals surface area contributed by atoms with Crippen LogP contribution in [0.25, 0.3) is 0 Å². The lowest BCUT2D eigenvalue weighted by Gasteiger charge is -2.62. The van der Waals surface area contributed by atoms with Gasteiger partial charge in [0.2, 0.25) is 5.91 Å². The Hall–Kier alpha value is -1.71. The van der Waals surface area contributed by atoms with E-state index in [9.17, 15) is 15.0 Å². The van der Waals surface area contributed by atoms with E-state index >= 15 is 0 Å². The second kappa shape index (κ2) is 11.6. The molecule has 1 aromatic carbocycles. The van der Waals surface area contributed by atoms with Crippen LogP contribution in [0.5, 0.6) is 0 Å². The maximum Gasteiger partial charge on any atom is 0.240 e. The number of carbonyl (C=O) groups excluding carboxylic acids is 1. The van der Waals surface area contributed by atoms with Crippen LogP contribution in [0.1, 0.15) is 52.5 Å². The predicted molar refractivity (Wildman–Crippen MR) is 146 cm³/mol. The number of nitrogens with zero attached hydrogens (tertiary/aromatic N) is 2. The van der Waals surface area contributed by atoms with E-state index < -0.39 is 24.2 Å². The number of carbonyl (C=O) groups is 1. The Labute approximate surface area is 222 Å². The van der Waals surface area contributed by atoms with Crippen molar-refractivity contribution in [1.29, 1.82) is 0 Å². The van der Waals surface area contributed by atoms with Gasteiger partial charge < -0.3 is 25.7 Å². The summed E-state index contributed by atoms with van der Waals surface area (Å²) in [6.07, 6.45) is 1.87. The average molecular weight is 517 g/mol. The van der Waals surface area contributed by atoms with Crippen molar-refractivity contribution in [3.8, 4) is 0 Å². The molecule has 1 amide bonds. The van der Waals surface area contributed by atoms with Crippen molar-refractivity contribution in [1.82, 2.24) is 15.3 Å². The van der Waals surface area contributed by atoms with Crippen LogP contribution < -0.4 is 10.6 Å². The summed E-state index contributed by atoms with van der Waals surface area (Å²) in [4.78, 5) is 22.0. The highest BCUT2D eigenvalue weighted by molar-refractivity contribution is 5.82. The van der Waals surface area contributed by atoms with Crippen molar-refractivity contribution < 1.29 is 19.8 Å². The van der Waals surface area contributed by atoms with Crippen LogP contribution in [0.3, 0.4) is 0 Å². The third-order valence-electron chi connectivity index (χ3n) is 9.44. The molecule has 208 valence electrons. The van der Waals surface area contributed by atoms with Gasteiger partial charge in [0.1, 0.15) is 12.1 Å².